The molecule has 2 aliphatic rings. The van der Waals surface area contributed by atoms with E-state index in [0.717, 1.165) is 6.42 Å². The molecule has 0 aromatic carbocycles. The van der Waals surface area contributed by atoms with E-state index in [1.54, 1.807) is 6.92 Å². The van der Waals surface area contributed by atoms with Gasteiger partial charge in [-0.3, -0.25) is 4.79 Å². The number of Topliss-reactive ketones (excluding diaryl/α,β-unsaturated/α-hetero) is 1. The van der Waals surface area contributed by atoms with Gasteiger partial charge >= 0.3 is 0 Å². The van der Waals surface area contributed by atoms with Crippen LogP contribution in [-0.4, -0.2) is 5.78 Å². The molecule has 1 heteroatoms. The van der Waals surface area contributed by atoms with Crippen molar-refractivity contribution in [2.75, 3.05) is 0 Å². The molecule has 15 heavy (non-hydrogen) atoms. The zero-order valence-corrected chi connectivity index (χ0v) is 10.2. The van der Waals surface area contributed by atoms with Crippen LogP contribution in [0.25, 0.3) is 0 Å². The molecular formula is C14H22O. The van der Waals surface area contributed by atoms with Crippen molar-refractivity contribution >= 4 is 5.78 Å². The van der Waals surface area contributed by atoms with Crippen LogP contribution >= 0.6 is 0 Å². The van der Waals surface area contributed by atoms with Gasteiger partial charge in [-0.25, -0.2) is 0 Å². The Bertz CT molecular complexity index is 302. The molecule has 1 saturated carbocycles. The van der Waals surface area contributed by atoms with Crippen molar-refractivity contribution in [1.82, 2.24) is 0 Å². The lowest BCUT2D eigenvalue weighted by Crippen LogP contribution is -2.27. The molecule has 0 amide bonds. The largest absolute Gasteiger partial charge is 0.300 e. The smallest absolute Gasteiger partial charge is 0.133 e. The summed E-state index contributed by atoms with van der Waals surface area (Å²) >= 11 is 0. The number of allylic oxidation sites excluding steroid dienone is 2. The van der Waals surface area contributed by atoms with Crippen molar-refractivity contribution < 1.29 is 4.79 Å². The van der Waals surface area contributed by atoms with Crippen molar-refractivity contribution in [3.05, 3.63) is 11.6 Å². The molecule has 1 nitrogen and oxygen atoms in total. The van der Waals surface area contributed by atoms with E-state index in [2.05, 4.69) is 19.9 Å². The molecule has 0 heterocycles. The molecular weight excluding hydrogens is 184 g/mol. The summed E-state index contributed by atoms with van der Waals surface area (Å²) < 4.78 is 0. The normalized spacial score (nSPS) is 40.6. The molecule has 0 spiro atoms. The monoisotopic (exact) mass is 206 g/mol. The lowest BCUT2D eigenvalue weighted by atomic mass is 9.73. The van der Waals surface area contributed by atoms with Crippen molar-refractivity contribution in [1.29, 1.82) is 0 Å². The molecule has 2 rings (SSSR count). The Balaban J connectivity index is 2.22. The SMILES string of the molecule is CC(=O)[C@@H]1CC[C@]2(C)CC=C(C)CC[C@@H]12. The second-order valence-corrected chi connectivity index (χ2v) is 5.81. The summed E-state index contributed by atoms with van der Waals surface area (Å²) in [6.07, 6.45) is 8.39. The first-order valence-electron chi connectivity index (χ1n) is 6.19. The van der Waals surface area contributed by atoms with Crippen molar-refractivity contribution in [2.45, 2.75) is 52.9 Å². The average molecular weight is 206 g/mol. The number of ketones is 1. The van der Waals surface area contributed by atoms with E-state index in [-0.39, 0.29) is 0 Å². The van der Waals surface area contributed by atoms with E-state index in [9.17, 15) is 4.79 Å². The van der Waals surface area contributed by atoms with Gasteiger partial charge < -0.3 is 0 Å². The first kappa shape index (κ1) is 10.9. The molecule has 0 radical (unpaired) electrons. The van der Waals surface area contributed by atoms with E-state index >= 15 is 0 Å². The van der Waals surface area contributed by atoms with Crippen molar-refractivity contribution in [2.24, 2.45) is 17.3 Å². The van der Waals surface area contributed by atoms with Crippen LogP contribution in [0.5, 0.6) is 0 Å². The Labute approximate surface area is 92.9 Å². The molecule has 0 aromatic heterocycles. The molecule has 1 fully saturated rings. The lowest BCUT2D eigenvalue weighted by molar-refractivity contribution is -0.122. The average Bonchev–Trinajstić information content (AvgIpc) is 2.43. The second-order valence-electron chi connectivity index (χ2n) is 5.81. The summed E-state index contributed by atoms with van der Waals surface area (Å²) in [4.78, 5) is 11.6. The van der Waals surface area contributed by atoms with Gasteiger partial charge in [-0.05, 0) is 57.3 Å². The summed E-state index contributed by atoms with van der Waals surface area (Å²) in [6, 6.07) is 0. The van der Waals surface area contributed by atoms with Gasteiger partial charge in [0.1, 0.15) is 5.78 Å². The van der Waals surface area contributed by atoms with Gasteiger partial charge in [0.15, 0.2) is 0 Å². The number of hydrogen-bond acceptors (Lipinski definition) is 1. The van der Waals surface area contributed by atoms with Crippen LogP contribution in [0.15, 0.2) is 11.6 Å². The number of rotatable bonds is 1. The highest BCUT2D eigenvalue weighted by Gasteiger charge is 2.46. The fourth-order valence-corrected chi connectivity index (χ4v) is 3.54. The Hall–Kier alpha value is -0.590. The highest BCUT2D eigenvalue weighted by Crippen LogP contribution is 2.53. The molecule has 2 aliphatic carbocycles. The minimum Gasteiger partial charge on any atom is -0.300 e. The van der Waals surface area contributed by atoms with Gasteiger partial charge in [-0.1, -0.05) is 18.6 Å². The predicted molar refractivity (Wildman–Crippen MR) is 62.6 cm³/mol. The maximum atomic E-state index is 11.6. The van der Waals surface area contributed by atoms with Crippen LogP contribution in [0, 0.1) is 17.3 Å². The molecule has 0 aliphatic heterocycles. The maximum absolute atomic E-state index is 11.6. The number of carbonyl (C=O) groups is 1. The number of hydrogen-bond donors (Lipinski definition) is 0. The standard InChI is InChI=1S/C14H22O/c1-10-4-5-13-12(11(2)15)7-9-14(13,3)8-6-10/h6,12-13H,4-5,7-9H2,1-3H3/t12-,13-,14-/m0/s1. The van der Waals surface area contributed by atoms with E-state index in [1.807, 2.05) is 0 Å². The molecule has 0 N–H and O–H groups in total. The molecule has 3 atom stereocenters. The Morgan fingerprint density at radius 3 is 2.87 bits per heavy atom. The Morgan fingerprint density at radius 1 is 1.47 bits per heavy atom. The summed E-state index contributed by atoms with van der Waals surface area (Å²) in [5, 5.41) is 0. The van der Waals surface area contributed by atoms with Gasteiger partial charge in [0.2, 0.25) is 0 Å². The van der Waals surface area contributed by atoms with Gasteiger partial charge in [-0.2, -0.15) is 0 Å². The van der Waals surface area contributed by atoms with Gasteiger partial charge in [-0.15, -0.1) is 0 Å². The highest BCUT2D eigenvalue weighted by molar-refractivity contribution is 5.79. The first-order valence-corrected chi connectivity index (χ1v) is 6.19. The van der Waals surface area contributed by atoms with E-state index in [0.29, 0.717) is 23.0 Å². The first-order chi connectivity index (χ1) is 7.03. The van der Waals surface area contributed by atoms with Crippen LogP contribution in [0.4, 0.5) is 0 Å². The lowest BCUT2D eigenvalue weighted by Gasteiger charge is -2.31. The van der Waals surface area contributed by atoms with Crippen LogP contribution in [0.1, 0.15) is 52.9 Å². The molecule has 0 aromatic rings. The van der Waals surface area contributed by atoms with Crippen molar-refractivity contribution in [3.63, 3.8) is 0 Å². The zero-order chi connectivity index (χ0) is 11.1. The van der Waals surface area contributed by atoms with E-state index in [1.165, 1.54) is 31.3 Å². The van der Waals surface area contributed by atoms with Crippen LogP contribution in [0.3, 0.4) is 0 Å². The highest BCUT2D eigenvalue weighted by atomic mass is 16.1. The third kappa shape index (κ3) is 1.89. The Kier molecular flexibility index (Phi) is 2.74. The topological polar surface area (TPSA) is 17.1 Å². The third-order valence-electron chi connectivity index (χ3n) is 4.70. The van der Waals surface area contributed by atoms with E-state index in [4.69, 9.17) is 0 Å². The van der Waals surface area contributed by atoms with E-state index < -0.39 is 0 Å². The van der Waals surface area contributed by atoms with Gasteiger partial charge in [0, 0.05) is 5.92 Å². The van der Waals surface area contributed by atoms with Gasteiger partial charge in [0.25, 0.3) is 0 Å². The molecule has 0 bridgehead atoms. The minimum atomic E-state index is 0.356. The van der Waals surface area contributed by atoms with Crippen LogP contribution < -0.4 is 0 Å². The number of carbonyl (C=O) groups excluding carboxylic acids is 1. The Morgan fingerprint density at radius 2 is 2.20 bits per heavy atom. The second kappa shape index (κ2) is 3.77. The van der Waals surface area contributed by atoms with Crippen molar-refractivity contribution in [3.8, 4) is 0 Å². The molecule has 0 saturated heterocycles. The maximum Gasteiger partial charge on any atom is 0.133 e. The summed E-state index contributed by atoms with van der Waals surface area (Å²) in [5.74, 6) is 1.42. The summed E-state index contributed by atoms with van der Waals surface area (Å²) in [6.45, 7) is 6.39. The zero-order valence-electron chi connectivity index (χ0n) is 10.2. The van der Waals surface area contributed by atoms with Crippen LogP contribution in [-0.2, 0) is 4.79 Å². The van der Waals surface area contributed by atoms with Gasteiger partial charge in [0.05, 0.1) is 0 Å². The number of fused-ring (bicyclic) bond motifs is 1. The summed E-state index contributed by atoms with van der Waals surface area (Å²) in [5.41, 5.74) is 1.93. The quantitative estimate of drug-likeness (QED) is 0.597. The molecule has 84 valence electrons. The third-order valence-corrected chi connectivity index (χ3v) is 4.70. The minimum absolute atomic E-state index is 0.356. The fraction of sp³-hybridized carbons (Fsp3) is 0.786. The summed E-state index contributed by atoms with van der Waals surface area (Å²) in [7, 11) is 0. The predicted octanol–water partition coefficient (Wildman–Crippen LogP) is 3.74. The molecule has 0 unspecified atom stereocenters. The fourth-order valence-electron chi connectivity index (χ4n) is 3.54. The van der Waals surface area contributed by atoms with Crippen LogP contribution in [0.2, 0.25) is 0 Å².